The minimum Gasteiger partial charge on any atom is -0.359 e. The predicted octanol–water partition coefficient (Wildman–Crippen LogP) is 0.897. The summed E-state index contributed by atoms with van der Waals surface area (Å²) >= 11 is 4.89. The summed E-state index contributed by atoms with van der Waals surface area (Å²) in [5.74, 6) is -0.372. The SMILES string of the molecule is [C-]#[N+]c1ncc2[nH]c(=S)[nH]c2c1N(S(C)(=O)=O)S(C)(=O)=O. The number of H-pyrrole nitrogens is 2. The zero-order valence-electron chi connectivity index (χ0n) is 10.8. The van der Waals surface area contributed by atoms with E-state index in [0.717, 1.165) is 12.5 Å². The van der Waals surface area contributed by atoms with E-state index in [1.807, 2.05) is 0 Å². The molecule has 0 fully saturated rings. The molecule has 0 bridgehead atoms. The third kappa shape index (κ3) is 2.75. The quantitative estimate of drug-likeness (QED) is 0.628. The number of anilines is 1. The van der Waals surface area contributed by atoms with Crippen LogP contribution < -0.4 is 3.71 Å². The molecule has 0 radical (unpaired) electrons. The van der Waals surface area contributed by atoms with Crippen molar-refractivity contribution >= 4 is 54.8 Å². The van der Waals surface area contributed by atoms with Crippen molar-refractivity contribution in [1.82, 2.24) is 15.0 Å². The van der Waals surface area contributed by atoms with E-state index in [1.54, 1.807) is 0 Å². The molecule has 0 saturated carbocycles. The second kappa shape index (κ2) is 4.79. The first-order valence-corrected chi connectivity index (χ1v) is 9.35. The van der Waals surface area contributed by atoms with Crippen LogP contribution in [0.3, 0.4) is 0 Å². The van der Waals surface area contributed by atoms with Gasteiger partial charge in [0, 0.05) is 0 Å². The number of aromatic nitrogens is 3. The Morgan fingerprint density at radius 2 is 1.81 bits per heavy atom. The highest BCUT2D eigenvalue weighted by Gasteiger charge is 2.32. The molecule has 0 aliphatic heterocycles. The lowest BCUT2D eigenvalue weighted by Crippen LogP contribution is -2.35. The second-order valence-electron chi connectivity index (χ2n) is 4.13. The first kappa shape index (κ1) is 15.4. The summed E-state index contributed by atoms with van der Waals surface area (Å²) < 4.78 is 47.8. The molecular weight excluding hydrogens is 338 g/mol. The summed E-state index contributed by atoms with van der Waals surface area (Å²) in [6, 6.07) is 0. The highest BCUT2D eigenvalue weighted by molar-refractivity contribution is 8.09. The highest BCUT2D eigenvalue weighted by atomic mass is 32.3. The Morgan fingerprint density at radius 1 is 1.24 bits per heavy atom. The molecule has 0 amide bonds. The molecule has 9 nitrogen and oxygen atoms in total. The molecule has 2 aromatic heterocycles. The fourth-order valence-corrected chi connectivity index (χ4v) is 5.00. The van der Waals surface area contributed by atoms with Crippen LogP contribution in [0.25, 0.3) is 15.9 Å². The van der Waals surface area contributed by atoms with Gasteiger partial charge in [-0.1, -0.05) is 6.57 Å². The van der Waals surface area contributed by atoms with Crippen molar-refractivity contribution in [3.63, 3.8) is 0 Å². The van der Waals surface area contributed by atoms with E-state index < -0.39 is 20.0 Å². The van der Waals surface area contributed by atoms with Gasteiger partial charge in [-0.25, -0.2) is 16.8 Å². The number of rotatable bonds is 3. The Morgan fingerprint density at radius 3 is 2.29 bits per heavy atom. The Bertz CT molecular complexity index is 993. The van der Waals surface area contributed by atoms with Gasteiger partial charge in [0.1, 0.15) is 17.4 Å². The van der Waals surface area contributed by atoms with Crippen molar-refractivity contribution in [3.8, 4) is 0 Å². The molecular formula is C9H9N5O4S3. The minimum absolute atomic E-state index is 0.0804. The lowest BCUT2D eigenvalue weighted by Gasteiger charge is -2.20. The molecule has 0 atom stereocenters. The van der Waals surface area contributed by atoms with E-state index in [1.165, 1.54) is 6.20 Å². The van der Waals surface area contributed by atoms with Crippen LogP contribution in [0.15, 0.2) is 6.20 Å². The smallest absolute Gasteiger partial charge is 0.297 e. The average molecular weight is 347 g/mol. The van der Waals surface area contributed by atoms with Gasteiger partial charge in [-0.15, -0.1) is 4.98 Å². The van der Waals surface area contributed by atoms with Crippen LogP contribution in [-0.4, -0.2) is 44.3 Å². The molecule has 0 saturated heterocycles. The molecule has 112 valence electrons. The third-order valence-electron chi connectivity index (χ3n) is 2.41. The van der Waals surface area contributed by atoms with E-state index in [2.05, 4.69) is 19.8 Å². The van der Waals surface area contributed by atoms with Gasteiger partial charge in [-0.3, -0.25) is 0 Å². The fourth-order valence-electron chi connectivity index (χ4n) is 1.81. The molecule has 0 aliphatic carbocycles. The number of sulfonamides is 2. The Balaban J connectivity index is 3.05. The molecule has 2 heterocycles. The summed E-state index contributed by atoms with van der Waals surface area (Å²) in [7, 11) is -8.39. The number of hydrogen-bond donors (Lipinski definition) is 2. The van der Waals surface area contributed by atoms with Gasteiger partial charge in [0.25, 0.3) is 5.82 Å². The van der Waals surface area contributed by atoms with Crippen LogP contribution in [0.2, 0.25) is 0 Å². The number of nitrogens with one attached hydrogen (secondary N) is 2. The topological polar surface area (TPSA) is 120 Å². The zero-order chi connectivity index (χ0) is 16.0. The van der Waals surface area contributed by atoms with Crippen LogP contribution in [0.5, 0.6) is 0 Å². The largest absolute Gasteiger partial charge is 0.359 e. The zero-order valence-corrected chi connectivity index (χ0v) is 13.2. The van der Waals surface area contributed by atoms with Crippen molar-refractivity contribution in [2.24, 2.45) is 0 Å². The van der Waals surface area contributed by atoms with Crippen LogP contribution in [-0.2, 0) is 20.0 Å². The number of aromatic amines is 2. The van der Waals surface area contributed by atoms with Crippen LogP contribution >= 0.6 is 12.2 Å². The molecule has 0 spiro atoms. The van der Waals surface area contributed by atoms with Crippen molar-refractivity contribution in [1.29, 1.82) is 0 Å². The summed E-state index contributed by atoms with van der Waals surface area (Å²) in [5.41, 5.74) is -0.00333. The lowest BCUT2D eigenvalue weighted by atomic mass is 10.3. The Labute approximate surface area is 125 Å². The highest BCUT2D eigenvalue weighted by Crippen LogP contribution is 2.36. The monoisotopic (exact) mass is 347 g/mol. The molecule has 0 unspecified atom stereocenters. The van der Waals surface area contributed by atoms with Crippen LogP contribution in [0.1, 0.15) is 0 Å². The molecule has 12 heteroatoms. The molecule has 2 rings (SSSR count). The lowest BCUT2D eigenvalue weighted by molar-refractivity contribution is 0.591. The first-order valence-electron chi connectivity index (χ1n) is 5.24. The van der Waals surface area contributed by atoms with Gasteiger partial charge < -0.3 is 14.8 Å². The van der Waals surface area contributed by atoms with E-state index in [4.69, 9.17) is 18.8 Å². The standard InChI is InChI=1S/C9H9N5O4S3/c1-10-8-7(14(20(2,15)16)21(3,17)18)6-5(4-11-8)12-9(19)13-6/h4H,2-3H3,(H2,12,13,19). The van der Waals surface area contributed by atoms with Crippen LogP contribution in [0, 0.1) is 11.3 Å². The van der Waals surface area contributed by atoms with Gasteiger partial charge in [-0.2, -0.15) is 3.71 Å². The molecule has 0 aliphatic rings. The third-order valence-corrected chi connectivity index (χ3v) is 5.81. The summed E-state index contributed by atoms with van der Waals surface area (Å²) in [6.07, 6.45) is 2.71. The number of hydrogen-bond acceptors (Lipinski definition) is 6. The van der Waals surface area contributed by atoms with Crippen molar-refractivity contribution in [2.75, 3.05) is 16.2 Å². The van der Waals surface area contributed by atoms with Crippen LogP contribution in [0.4, 0.5) is 11.5 Å². The molecule has 0 aromatic carbocycles. The number of nitrogens with zero attached hydrogens (tertiary/aromatic N) is 3. The van der Waals surface area contributed by atoms with Crippen molar-refractivity contribution in [3.05, 3.63) is 22.4 Å². The van der Waals surface area contributed by atoms with Crippen molar-refractivity contribution in [2.45, 2.75) is 0 Å². The minimum atomic E-state index is -4.20. The molecule has 2 N–H and O–H groups in total. The van der Waals surface area contributed by atoms with E-state index in [9.17, 15) is 16.8 Å². The number of fused-ring (bicyclic) bond motifs is 1. The Hall–Kier alpha value is -1.97. The van der Waals surface area contributed by atoms with Gasteiger partial charge in [0.15, 0.2) is 4.77 Å². The first-order chi connectivity index (χ1) is 9.55. The van der Waals surface area contributed by atoms with Gasteiger partial charge in [0.2, 0.25) is 20.0 Å². The second-order valence-corrected chi connectivity index (χ2v) is 8.43. The summed E-state index contributed by atoms with van der Waals surface area (Å²) in [5, 5.41) is 0. The molecule has 2 aromatic rings. The van der Waals surface area contributed by atoms with E-state index in [0.29, 0.717) is 5.52 Å². The van der Waals surface area contributed by atoms with E-state index >= 15 is 0 Å². The maximum Gasteiger partial charge on any atom is 0.297 e. The fraction of sp³-hybridized carbons (Fsp3) is 0.222. The van der Waals surface area contributed by atoms with Gasteiger partial charge in [-0.05, 0) is 12.2 Å². The summed E-state index contributed by atoms with van der Waals surface area (Å²) in [4.78, 5) is 12.2. The summed E-state index contributed by atoms with van der Waals surface area (Å²) in [6.45, 7) is 7.06. The Kier molecular flexibility index (Phi) is 3.52. The normalized spacial score (nSPS) is 12.2. The van der Waals surface area contributed by atoms with E-state index in [-0.39, 0.29) is 25.5 Å². The van der Waals surface area contributed by atoms with Gasteiger partial charge in [0.05, 0.1) is 18.0 Å². The molecule has 21 heavy (non-hydrogen) atoms. The van der Waals surface area contributed by atoms with Crippen molar-refractivity contribution < 1.29 is 16.8 Å². The maximum absolute atomic E-state index is 11.9. The number of pyridine rings is 1. The maximum atomic E-state index is 11.9. The average Bonchev–Trinajstić information content (AvgIpc) is 2.66. The van der Waals surface area contributed by atoms with Gasteiger partial charge >= 0.3 is 0 Å². The number of imidazole rings is 1. The predicted molar refractivity (Wildman–Crippen MR) is 79.7 cm³/mol.